The maximum atomic E-state index is 11.0. The third-order valence-corrected chi connectivity index (χ3v) is 4.25. The van der Waals surface area contributed by atoms with Crippen LogP contribution in [0.2, 0.25) is 0 Å². The van der Waals surface area contributed by atoms with Gasteiger partial charge >= 0.3 is 0 Å². The SMILES string of the molecule is CCNC(=NCc1ccc2c(c1)OCO2)NCCOCCS(C)(=O)=O.I. The van der Waals surface area contributed by atoms with Gasteiger partial charge in [-0.15, -0.1) is 24.0 Å². The van der Waals surface area contributed by atoms with E-state index in [4.69, 9.17) is 14.2 Å². The van der Waals surface area contributed by atoms with Crippen LogP contribution in [0, 0.1) is 0 Å². The highest BCUT2D eigenvalue weighted by atomic mass is 127. The monoisotopic (exact) mass is 499 g/mol. The number of halogens is 1. The number of nitrogens with zero attached hydrogens (tertiary/aromatic N) is 1. The van der Waals surface area contributed by atoms with Crippen LogP contribution in [0.15, 0.2) is 23.2 Å². The summed E-state index contributed by atoms with van der Waals surface area (Å²) >= 11 is 0. The van der Waals surface area contributed by atoms with E-state index in [0.717, 1.165) is 23.6 Å². The Bertz CT molecular complexity index is 697. The van der Waals surface area contributed by atoms with E-state index in [2.05, 4.69) is 15.6 Å². The number of sulfone groups is 1. The van der Waals surface area contributed by atoms with Crippen LogP contribution >= 0.6 is 24.0 Å². The molecule has 0 radical (unpaired) electrons. The van der Waals surface area contributed by atoms with Crippen LogP contribution in [-0.2, 0) is 21.1 Å². The lowest BCUT2D eigenvalue weighted by Crippen LogP contribution is -2.39. The topological polar surface area (TPSA) is 98.2 Å². The summed E-state index contributed by atoms with van der Waals surface area (Å²) in [5.41, 5.74) is 1.02. The van der Waals surface area contributed by atoms with Crippen LogP contribution in [-0.4, -0.2) is 59.5 Å². The van der Waals surface area contributed by atoms with Gasteiger partial charge in [-0.3, -0.25) is 0 Å². The van der Waals surface area contributed by atoms with Gasteiger partial charge in [0.1, 0.15) is 9.84 Å². The highest BCUT2D eigenvalue weighted by Gasteiger charge is 2.12. The zero-order valence-electron chi connectivity index (χ0n) is 15.0. The van der Waals surface area contributed by atoms with Crippen LogP contribution < -0.4 is 20.1 Å². The van der Waals surface area contributed by atoms with Crippen molar-refractivity contribution in [3.05, 3.63) is 23.8 Å². The molecule has 0 saturated carbocycles. The Hall–Kier alpha value is -1.27. The molecule has 2 rings (SSSR count). The van der Waals surface area contributed by atoms with Gasteiger partial charge in [-0.2, -0.15) is 0 Å². The largest absolute Gasteiger partial charge is 0.454 e. The molecule has 0 aliphatic carbocycles. The van der Waals surface area contributed by atoms with Crippen molar-refractivity contribution in [3.63, 3.8) is 0 Å². The van der Waals surface area contributed by atoms with Crippen LogP contribution in [0.1, 0.15) is 12.5 Å². The molecule has 0 fully saturated rings. The first-order valence-corrected chi connectivity index (χ1v) is 10.2. The van der Waals surface area contributed by atoms with E-state index < -0.39 is 9.84 Å². The highest BCUT2D eigenvalue weighted by Crippen LogP contribution is 2.32. The van der Waals surface area contributed by atoms with Gasteiger partial charge in [-0.1, -0.05) is 6.07 Å². The number of rotatable bonds is 9. The standard InChI is InChI=1S/C16H25N3O5S.HI/c1-3-17-16(18-6-7-22-8-9-25(2,20)21)19-11-13-4-5-14-15(10-13)24-12-23-14;/h4-5,10H,3,6-9,11-12H2,1-2H3,(H2,17,18,19);1H. The van der Waals surface area contributed by atoms with Crippen LogP contribution in [0.4, 0.5) is 0 Å². The average molecular weight is 499 g/mol. The fourth-order valence-corrected chi connectivity index (χ4v) is 2.53. The molecule has 1 aliphatic heterocycles. The Morgan fingerprint density at radius 2 is 2.00 bits per heavy atom. The fraction of sp³-hybridized carbons (Fsp3) is 0.562. The summed E-state index contributed by atoms with van der Waals surface area (Å²) in [4.78, 5) is 4.51. The Labute approximate surface area is 171 Å². The molecule has 0 atom stereocenters. The molecule has 2 N–H and O–H groups in total. The minimum atomic E-state index is -2.98. The molecule has 0 amide bonds. The first-order valence-electron chi connectivity index (χ1n) is 8.14. The van der Waals surface area contributed by atoms with Crippen molar-refractivity contribution in [2.24, 2.45) is 4.99 Å². The molecule has 0 bridgehead atoms. The second kappa shape index (κ2) is 11.4. The van der Waals surface area contributed by atoms with Crippen molar-refractivity contribution in [3.8, 4) is 11.5 Å². The van der Waals surface area contributed by atoms with E-state index in [1.165, 1.54) is 6.26 Å². The van der Waals surface area contributed by atoms with Gasteiger partial charge in [0.2, 0.25) is 6.79 Å². The second-order valence-corrected chi connectivity index (χ2v) is 7.81. The maximum absolute atomic E-state index is 11.0. The van der Waals surface area contributed by atoms with Gasteiger partial charge in [0, 0.05) is 19.3 Å². The van der Waals surface area contributed by atoms with Gasteiger partial charge in [0.15, 0.2) is 17.5 Å². The van der Waals surface area contributed by atoms with Crippen LogP contribution in [0.5, 0.6) is 11.5 Å². The van der Waals surface area contributed by atoms with Gasteiger partial charge in [0.05, 0.1) is 25.5 Å². The predicted molar refractivity (Wildman–Crippen MR) is 111 cm³/mol. The molecular weight excluding hydrogens is 473 g/mol. The minimum absolute atomic E-state index is 0. The molecule has 10 heteroatoms. The van der Waals surface area contributed by atoms with Crippen molar-refractivity contribution in [2.75, 3.05) is 45.1 Å². The molecule has 1 aliphatic rings. The number of hydrogen-bond donors (Lipinski definition) is 2. The molecule has 1 aromatic rings. The van der Waals surface area contributed by atoms with E-state index in [9.17, 15) is 8.42 Å². The van der Waals surface area contributed by atoms with Crippen LogP contribution in [0.3, 0.4) is 0 Å². The molecular formula is C16H26IN3O5S. The normalized spacial score (nSPS) is 13.2. The number of fused-ring (bicyclic) bond motifs is 1. The summed E-state index contributed by atoms with van der Waals surface area (Å²) in [6.07, 6.45) is 1.20. The van der Waals surface area contributed by atoms with Gasteiger partial charge < -0.3 is 24.8 Å². The number of guanidine groups is 1. The molecule has 0 unspecified atom stereocenters. The first kappa shape index (κ1) is 22.8. The number of hydrogen-bond acceptors (Lipinski definition) is 6. The average Bonchev–Trinajstić information content (AvgIpc) is 3.02. The Morgan fingerprint density at radius 1 is 1.23 bits per heavy atom. The van der Waals surface area contributed by atoms with E-state index in [0.29, 0.717) is 25.7 Å². The predicted octanol–water partition coefficient (Wildman–Crippen LogP) is 1.15. The Morgan fingerprint density at radius 3 is 2.73 bits per heavy atom. The lowest BCUT2D eigenvalue weighted by atomic mass is 10.2. The van der Waals surface area contributed by atoms with Crippen molar-refractivity contribution in [1.29, 1.82) is 0 Å². The summed E-state index contributed by atoms with van der Waals surface area (Å²) < 4.78 is 38.0. The second-order valence-electron chi connectivity index (χ2n) is 5.55. The molecule has 0 aromatic heterocycles. The van der Waals surface area contributed by atoms with E-state index in [1.54, 1.807) is 0 Å². The molecule has 0 saturated heterocycles. The summed E-state index contributed by atoms with van der Waals surface area (Å²) in [5.74, 6) is 2.20. The molecule has 26 heavy (non-hydrogen) atoms. The summed E-state index contributed by atoms with van der Waals surface area (Å²) in [6.45, 7) is 4.63. The summed E-state index contributed by atoms with van der Waals surface area (Å²) in [5, 5.41) is 6.30. The number of aliphatic imine (C=N–C) groups is 1. The highest BCUT2D eigenvalue weighted by molar-refractivity contribution is 14.0. The molecule has 1 heterocycles. The van der Waals surface area contributed by atoms with E-state index in [1.807, 2.05) is 25.1 Å². The zero-order chi connectivity index (χ0) is 18.1. The fourth-order valence-electron chi connectivity index (χ4n) is 2.11. The van der Waals surface area contributed by atoms with Crippen molar-refractivity contribution in [2.45, 2.75) is 13.5 Å². The summed E-state index contributed by atoms with van der Waals surface area (Å²) in [6, 6.07) is 5.75. The van der Waals surface area contributed by atoms with Crippen LogP contribution in [0.25, 0.3) is 0 Å². The van der Waals surface area contributed by atoms with Crippen molar-refractivity contribution < 1.29 is 22.6 Å². The third-order valence-electron chi connectivity index (χ3n) is 3.34. The van der Waals surface area contributed by atoms with Gasteiger partial charge in [-0.05, 0) is 24.6 Å². The molecule has 1 aromatic carbocycles. The molecule has 8 nitrogen and oxygen atoms in total. The molecule has 148 valence electrons. The molecule has 0 spiro atoms. The van der Waals surface area contributed by atoms with Crippen molar-refractivity contribution >= 4 is 39.8 Å². The zero-order valence-corrected chi connectivity index (χ0v) is 18.1. The quantitative estimate of drug-likeness (QED) is 0.228. The Kier molecular flexibility index (Phi) is 10.0. The lowest BCUT2D eigenvalue weighted by Gasteiger charge is -2.11. The number of nitrogens with one attached hydrogen (secondary N) is 2. The van der Waals surface area contributed by atoms with E-state index >= 15 is 0 Å². The van der Waals surface area contributed by atoms with E-state index in [-0.39, 0.29) is 43.1 Å². The van der Waals surface area contributed by atoms with Gasteiger partial charge in [0.25, 0.3) is 0 Å². The smallest absolute Gasteiger partial charge is 0.231 e. The van der Waals surface area contributed by atoms with Crippen molar-refractivity contribution in [1.82, 2.24) is 10.6 Å². The Balaban J connectivity index is 0.00000338. The minimum Gasteiger partial charge on any atom is -0.454 e. The lowest BCUT2D eigenvalue weighted by molar-refractivity contribution is 0.154. The third kappa shape index (κ3) is 8.41. The maximum Gasteiger partial charge on any atom is 0.231 e. The van der Waals surface area contributed by atoms with Gasteiger partial charge in [-0.25, -0.2) is 13.4 Å². The number of benzene rings is 1. The number of ether oxygens (including phenoxy) is 3. The summed E-state index contributed by atoms with van der Waals surface area (Å²) in [7, 11) is -2.98. The first-order chi connectivity index (χ1) is 12.0.